The molecule has 7 nitrogen and oxygen atoms in total. The zero-order valence-electron chi connectivity index (χ0n) is 18.9. The predicted molar refractivity (Wildman–Crippen MR) is 126 cm³/mol. The number of hydrogen-bond acceptors (Lipinski definition) is 5. The monoisotopic (exact) mass is 475 g/mol. The second-order valence-corrected chi connectivity index (χ2v) is 9.08. The zero-order chi connectivity index (χ0) is 24.0. The molecule has 4 aromatic rings. The zero-order valence-corrected chi connectivity index (χ0v) is 18.9. The van der Waals surface area contributed by atoms with Crippen LogP contribution in [0.15, 0.2) is 71.9 Å². The minimum Gasteiger partial charge on any atom is -0.457 e. The van der Waals surface area contributed by atoms with Gasteiger partial charge in [-0.2, -0.15) is 9.78 Å². The Bertz CT molecular complexity index is 1420. The second kappa shape index (κ2) is 8.33. The van der Waals surface area contributed by atoms with Crippen molar-refractivity contribution >= 4 is 5.82 Å². The van der Waals surface area contributed by atoms with E-state index in [1.165, 1.54) is 42.8 Å². The van der Waals surface area contributed by atoms with Crippen molar-refractivity contribution < 1.29 is 13.5 Å². The van der Waals surface area contributed by atoms with E-state index < -0.39 is 17.3 Å². The molecule has 1 saturated carbocycles. The molecule has 1 saturated heterocycles. The number of nitrogens with zero attached hydrogens (tertiary/aromatic N) is 5. The van der Waals surface area contributed by atoms with Gasteiger partial charge in [-0.25, -0.2) is 18.6 Å². The van der Waals surface area contributed by atoms with Gasteiger partial charge in [0.05, 0.1) is 12.2 Å². The molecule has 9 heteroatoms. The largest absolute Gasteiger partial charge is 0.457 e. The van der Waals surface area contributed by atoms with Crippen molar-refractivity contribution in [2.24, 2.45) is 0 Å². The van der Waals surface area contributed by atoms with Crippen LogP contribution in [0.1, 0.15) is 31.2 Å². The Morgan fingerprint density at radius 2 is 1.74 bits per heavy atom. The lowest BCUT2D eigenvalue weighted by atomic mass is 9.68. The molecule has 2 aliphatic rings. The van der Waals surface area contributed by atoms with Crippen molar-refractivity contribution in [1.29, 1.82) is 0 Å². The number of ether oxygens (including phenoxy) is 1. The first-order valence-electron chi connectivity index (χ1n) is 11.6. The lowest BCUT2D eigenvalue weighted by Crippen LogP contribution is -2.64. The Hall–Kier alpha value is -4.01. The van der Waals surface area contributed by atoms with Gasteiger partial charge in [0.1, 0.15) is 35.3 Å². The van der Waals surface area contributed by atoms with Gasteiger partial charge in [-0.15, -0.1) is 0 Å². The van der Waals surface area contributed by atoms with Crippen molar-refractivity contribution in [2.75, 3.05) is 11.4 Å². The van der Waals surface area contributed by atoms with E-state index in [2.05, 4.69) is 15.0 Å². The minimum absolute atomic E-state index is 0.184. The molecule has 1 aliphatic heterocycles. The van der Waals surface area contributed by atoms with E-state index in [-0.39, 0.29) is 12.1 Å². The third-order valence-corrected chi connectivity index (χ3v) is 7.09. The molecule has 1 spiro atoms. The highest BCUT2D eigenvalue weighted by molar-refractivity contribution is 5.51. The van der Waals surface area contributed by atoms with Gasteiger partial charge >= 0.3 is 5.69 Å². The number of benzene rings is 2. The van der Waals surface area contributed by atoms with Crippen LogP contribution < -0.4 is 15.3 Å². The molecule has 0 bridgehead atoms. The number of halogens is 2. The van der Waals surface area contributed by atoms with Crippen LogP contribution in [0.2, 0.25) is 0 Å². The minimum atomic E-state index is -0.706. The number of pyridine rings is 1. The second-order valence-electron chi connectivity index (χ2n) is 9.08. The number of rotatable bonds is 6. The third-order valence-electron chi connectivity index (χ3n) is 7.09. The summed E-state index contributed by atoms with van der Waals surface area (Å²) in [5.74, 6) is 0.824. The molecule has 1 aliphatic carbocycles. The van der Waals surface area contributed by atoms with Gasteiger partial charge in [0.25, 0.3) is 0 Å². The quantitative estimate of drug-likeness (QED) is 0.405. The van der Waals surface area contributed by atoms with E-state index in [0.717, 1.165) is 29.1 Å². The standard InChI is InChI=1S/C26H23F2N5O2/c27-22-3-1-4-23(28)21(22)16-31-17-30-33(25(31)34)18-5-7-19(8-6-18)35-20-9-13-29-24(15-20)32-14-12-26(32)10-2-11-26/h1,3-9,13,15,17H,2,10-12,14,16H2. The highest BCUT2D eigenvalue weighted by Gasteiger charge is 2.49. The third kappa shape index (κ3) is 3.77. The summed E-state index contributed by atoms with van der Waals surface area (Å²) in [6.07, 6.45) is 7.99. The van der Waals surface area contributed by atoms with E-state index in [1.807, 2.05) is 12.1 Å². The Kier molecular flexibility index (Phi) is 5.12. The molecular weight excluding hydrogens is 452 g/mol. The molecule has 0 N–H and O–H groups in total. The van der Waals surface area contributed by atoms with E-state index in [9.17, 15) is 13.6 Å². The summed E-state index contributed by atoms with van der Waals surface area (Å²) >= 11 is 0. The summed E-state index contributed by atoms with van der Waals surface area (Å²) < 4.78 is 36.3. The van der Waals surface area contributed by atoms with Gasteiger partial charge in [0.2, 0.25) is 0 Å². The van der Waals surface area contributed by atoms with Gasteiger partial charge in [-0.1, -0.05) is 6.07 Å². The summed E-state index contributed by atoms with van der Waals surface area (Å²) in [7, 11) is 0. The van der Waals surface area contributed by atoms with Crippen LogP contribution in [0.3, 0.4) is 0 Å². The van der Waals surface area contributed by atoms with Gasteiger partial charge in [-0.3, -0.25) is 4.57 Å². The van der Waals surface area contributed by atoms with Crippen LogP contribution in [-0.4, -0.2) is 31.4 Å². The van der Waals surface area contributed by atoms with E-state index in [4.69, 9.17) is 4.74 Å². The number of hydrogen-bond donors (Lipinski definition) is 0. The molecule has 178 valence electrons. The Morgan fingerprint density at radius 1 is 0.971 bits per heavy atom. The maximum Gasteiger partial charge on any atom is 0.350 e. The van der Waals surface area contributed by atoms with Crippen molar-refractivity contribution in [3.8, 4) is 17.2 Å². The maximum atomic E-state index is 14.0. The summed E-state index contributed by atoms with van der Waals surface area (Å²) in [5.41, 5.74) is 0.135. The number of anilines is 1. The van der Waals surface area contributed by atoms with E-state index in [0.29, 0.717) is 22.7 Å². The van der Waals surface area contributed by atoms with Crippen molar-refractivity contribution in [3.05, 3.63) is 94.8 Å². The summed E-state index contributed by atoms with van der Waals surface area (Å²) in [5, 5.41) is 4.10. The van der Waals surface area contributed by atoms with Gasteiger partial charge in [0, 0.05) is 29.9 Å². The van der Waals surface area contributed by atoms with Crippen molar-refractivity contribution in [2.45, 2.75) is 37.8 Å². The average Bonchev–Trinajstić information content (AvgIpc) is 3.15. The fourth-order valence-electron chi connectivity index (χ4n) is 4.88. The van der Waals surface area contributed by atoms with Gasteiger partial charge in [0.15, 0.2) is 0 Å². The molecule has 35 heavy (non-hydrogen) atoms. The molecule has 0 radical (unpaired) electrons. The molecular formula is C26H23F2N5O2. The van der Waals surface area contributed by atoms with Crippen LogP contribution in [0.4, 0.5) is 14.6 Å². The predicted octanol–water partition coefficient (Wildman–Crippen LogP) is 4.68. The van der Waals surface area contributed by atoms with Crippen LogP contribution in [0, 0.1) is 11.6 Å². The fraction of sp³-hybridized carbons (Fsp3) is 0.269. The Labute approximate surface area is 200 Å². The topological polar surface area (TPSA) is 65.2 Å². The highest BCUT2D eigenvalue weighted by atomic mass is 19.1. The Balaban J connectivity index is 1.18. The normalized spacial score (nSPS) is 16.1. The van der Waals surface area contributed by atoms with Gasteiger partial charge in [-0.05, 0) is 68.1 Å². The summed E-state index contributed by atoms with van der Waals surface area (Å²) in [4.78, 5) is 19.7. The molecule has 0 amide bonds. The summed E-state index contributed by atoms with van der Waals surface area (Å²) in [6, 6.07) is 14.3. The lowest BCUT2D eigenvalue weighted by molar-refractivity contribution is 0.150. The van der Waals surface area contributed by atoms with Crippen LogP contribution >= 0.6 is 0 Å². The molecule has 3 heterocycles. The first kappa shape index (κ1) is 21.5. The fourth-order valence-corrected chi connectivity index (χ4v) is 4.88. The SMILES string of the molecule is O=c1n(Cc2c(F)cccc2F)cnn1-c1ccc(Oc2ccnc(N3CCC34CCC4)c2)cc1. The van der Waals surface area contributed by atoms with Crippen molar-refractivity contribution in [1.82, 2.24) is 19.3 Å². The molecule has 6 rings (SSSR count). The molecule has 0 atom stereocenters. The molecule has 2 aromatic heterocycles. The maximum absolute atomic E-state index is 14.0. The Morgan fingerprint density at radius 3 is 2.40 bits per heavy atom. The highest BCUT2D eigenvalue weighted by Crippen LogP contribution is 2.49. The van der Waals surface area contributed by atoms with Gasteiger partial charge < -0.3 is 9.64 Å². The van der Waals surface area contributed by atoms with E-state index in [1.54, 1.807) is 30.5 Å². The smallest absolute Gasteiger partial charge is 0.350 e. The average molecular weight is 475 g/mol. The molecule has 2 aromatic carbocycles. The first-order chi connectivity index (χ1) is 17.0. The number of aromatic nitrogens is 4. The molecule has 2 fully saturated rings. The molecule has 0 unspecified atom stereocenters. The van der Waals surface area contributed by atoms with E-state index >= 15 is 0 Å². The first-order valence-corrected chi connectivity index (χ1v) is 11.6. The van der Waals surface area contributed by atoms with Crippen LogP contribution in [-0.2, 0) is 6.54 Å². The van der Waals surface area contributed by atoms with Crippen molar-refractivity contribution in [3.63, 3.8) is 0 Å². The van der Waals surface area contributed by atoms with Crippen LogP contribution in [0.25, 0.3) is 5.69 Å². The lowest BCUT2D eigenvalue weighted by Gasteiger charge is -2.59. The van der Waals surface area contributed by atoms with Crippen LogP contribution in [0.5, 0.6) is 11.5 Å². The summed E-state index contributed by atoms with van der Waals surface area (Å²) in [6.45, 7) is 0.775.